The summed E-state index contributed by atoms with van der Waals surface area (Å²) in [6, 6.07) is 0. The zero-order valence-electron chi connectivity index (χ0n) is 9.20. The molecule has 0 saturated heterocycles. The summed E-state index contributed by atoms with van der Waals surface area (Å²) >= 11 is 0. The Hall–Kier alpha value is -0.903. The van der Waals surface area contributed by atoms with Gasteiger partial charge in [-0.15, -0.1) is 0 Å². The highest BCUT2D eigenvalue weighted by atomic mass is 28.3. The molecule has 78 valence electrons. The smallest absolute Gasteiger partial charge is 0.253 e. The van der Waals surface area contributed by atoms with Crippen molar-refractivity contribution in [2.75, 3.05) is 0 Å². The van der Waals surface area contributed by atoms with Crippen molar-refractivity contribution in [3.8, 4) is 0 Å². The third kappa shape index (κ3) is 1.95. The number of amides is 2. The summed E-state index contributed by atoms with van der Waals surface area (Å²) in [6.07, 6.45) is 3.59. The number of hydrogen-bond acceptors (Lipinski definition) is 2. The Balaban J connectivity index is 2.91. The number of carbonyl (C=O) groups is 2. The molecule has 0 fully saturated rings. The maximum absolute atomic E-state index is 11.5. The molecule has 14 heavy (non-hydrogen) atoms. The summed E-state index contributed by atoms with van der Waals surface area (Å²) in [7, 11) is -1.49. The average Bonchev–Trinajstić information content (AvgIpc) is 2.34. The first-order valence-corrected chi connectivity index (χ1v) is 8.51. The van der Waals surface area contributed by atoms with Gasteiger partial charge in [0.1, 0.15) is 0 Å². The summed E-state index contributed by atoms with van der Waals surface area (Å²) in [6.45, 7) is 8.57. The Morgan fingerprint density at radius 2 is 1.64 bits per heavy atom. The number of hydrogen-bond donors (Lipinski definition) is 0. The molecule has 1 atom stereocenters. The number of carbonyl (C=O) groups excluding carboxylic acids is 2. The van der Waals surface area contributed by atoms with Crippen LogP contribution in [0.4, 0.5) is 0 Å². The average molecular weight is 211 g/mol. The second-order valence-corrected chi connectivity index (χ2v) is 10.1. The normalized spacial score (nSPS) is 19.3. The van der Waals surface area contributed by atoms with E-state index in [1.54, 1.807) is 0 Å². The maximum Gasteiger partial charge on any atom is 0.253 e. The summed E-state index contributed by atoms with van der Waals surface area (Å²) in [4.78, 5) is 24.4. The number of rotatable bonds is 3. The molecule has 0 bridgehead atoms. The van der Waals surface area contributed by atoms with Crippen molar-refractivity contribution in [1.29, 1.82) is 0 Å². The van der Waals surface area contributed by atoms with Crippen LogP contribution in [0.5, 0.6) is 0 Å². The van der Waals surface area contributed by atoms with Gasteiger partial charge in [-0.1, -0.05) is 26.6 Å². The van der Waals surface area contributed by atoms with E-state index in [4.69, 9.17) is 0 Å². The predicted octanol–water partition coefficient (Wildman–Crippen LogP) is 1.57. The topological polar surface area (TPSA) is 37.4 Å². The van der Waals surface area contributed by atoms with Gasteiger partial charge in [-0.3, -0.25) is 14.5 Å². The largest absolute Gasteiger partial charge is 0.275 e. The van der Waals surface area contributed by atoms with E-state index in [0.717, 1.165) is 6.42 Å². The number of nitrogens with zero attached hydrogens (tertiary/aromatic N) is 1. The lowest BCUT2D eigenvalue weighted by molar-refractivity contribution is -0.138. The summed E-state index contributed by atoms with van der Waals surface area (Å²) < 4.78 is 0. The van der Waals surface area contributed by atoms with Crippen molar-refractivity contribution in [1.82, 2.24) is 4.90 Å². The summed E-state index contributed by atoms with van der Waals surface area (Å²) in [5.74, 6) is -0.298. The van der Waals surface area contributed by atoms with Gasteiger partial charge in [0.25, 0.3) is 11.8 Å². The minimum atomic E-state index is -1.49. The van der Waals surface area contributed by atoms with Gasteiger partial charge in [-0.05, 0) is 6.42 Å². The van der Waals surface area contributed by atoms with E-state index < -0.39 is 8.07 Å². The van der Waals surface area contributed by atoms with Crippen molar-refractivity contribution in [2.24, 2.45) is 0 Å². The molecule has 0 spiro atoms. The zero-order chi connectivity index (χ0) is 10.9. The van der Waals surface area contributed by atoms with E-state index in [1.165, 1.54) is 17.1 Å². The minimum absolute atomic E-state index is 0.123. The second-order valence-electron chi connectivity index (χ2n) is 4.67. The fourth-order valence-corrected chi connectivity index (χ4v) is 4.16. The van der Waals surface area contributed by atoms with Crippen molar-refractivity contribution in [3.05, 3.63) is 12.2 Å². The first-order valence-electron chi connectivity index (χ1n) is 4.93. The van der Waals surface area contributed by atoms with Crippen molar-refractivity contribution >= 4 is 19.9 Å². The van der Waals surface area contributed by atoms with E-state index in [2.05, 4.69) is 19.6 Å². The Kier molecular flexibility index (Phi) is 2.94. The molecule has 0 aromatic carbocycles. The van der Waals surface area contributed by atoms with Crippen LogP contribution in [-0.2, 0) is 9.59 Å². The second kappa shape index (κ2) is 3.69. The highest BCUT2D eigenvalue weighted by Gasteiger charge is 2.37. The first kappa shape index (κ1) is 11.2. The summed E-state index contributed by atoms with van der Waals surface area (Å²) in [5.41, 5.74) is 0.123. The number of imide groups is 1. The predicted molar refractivity (Wildman–Crippen MR) is 58.4 cm³/mol. The molecular weight excluding hydrogens is 194 g/mol. The molecule has 0 aliphatic carbocycles. The Morgan fingerprint density at radius 3 is 1.93 bits per heavy atom. The van der Waals surface area contributed by atoms with E-state index >= 15 is 0 Å². The fraction of sp³-hybridized carbons (Fsp3) is 0.600. The van der Waals surface area contributed by atoms with Gasteiger partial charge in [0.15, 0.2) is 0 Å². The van der Waals surface area contributed by atoms with Crippen molar-refractivity contribution in [2.45, 2.75) is 38.7 Å². The van der Waals surface area contributed by atoms with Crippen LogP contribution in [0.3, 0.4) is 0 Å². The molecule has 0 aromatic heterocycles. The van der Waals surface area contributed by atoms with Gasteiger partial charge in [-0.25, -0.2) is 0 Å². The van der Waals surface area contributed by atoms with Crippen LogP contribution >= 0.6 is 0 Å². The molecule has 1 aliphatic rings. The quantitative estimate of drug-likeness (QED) is 0.525. The molecular formula is C10H17NO2Si. The van der Waals surface area contributed by atoms with E-state index in [0.29, 0.717) is 0 Å². The highest BCUT2D eigenvalue weighted by Crippen LogP contribution is 2.21. The first-order chi connectivity index (χ1) is 6.38. The highest BCUT2D eigenvalue weighted by molar-refractivity contribution is 6.78. The molecule has 0 radical (unpaired) electrons. The molecule has 3 nitrogen and oxygen atoms in total. The Morgan fingerprint density at radius 1 is 1.21 bits per heavy atom. The lowest BCUT2D eigenvalue weighted by Crippen LogP contribution is -2.53. The van der Waals surface area contributed by atoms with Gasteiger partial charge < -0.3 is 0 Å². The standard InChI is InChI=1S/C10H17NO2Si/c1-5-10(14(2,3)4)11-8(12)6-7-9(11)13/h6-7,10H,5H2,1-4H3. The Bertz CT molecular complexity index is 273. The fourth-order valence-electron chi connectivity index (χ4n) is 1.90. The SMILES string of the molecule is CCC(N1C(=O)C=CC1=O)[Si](C)(C)C. The lowest BCUT2D eigenvalue weighted by atomic mass is 10.4. The Labute approximate surface area is 85.8 Å². The van der Waals surface area contributed by atoms with Gasteiger partial charge >= 0.3 is 0 Å². The van der Waals surface area contributed by atoms with Crippen LogP contribution in [0, 0.1) is 0 Å². The van der Waals surface area contributed by atoms with Crippen LogP contribution in [0.25, 0.3) is 0 Å². The van der Waals surface area contributed by atoms with Gasteiger partial charge in [0.05, 0.1) is 8.07 Å². The molecule has 1 unspecified atom stereocenters. The molecule has 2 amide bonds. The maximum atomic E-state index is 11.5. The van der Waals surface area contributed by atoms with Crippen LogP contribution in [-0.4, -0.2) is 30.5 Å². The molecule has 0 aromatic rings. The van der Waals surface area contributed by atoms with Gasteiger partial charge in [-0.2, -0.15) is 0 Å². The van der Waals surface area contributed by atoms with Crippen molar-refractivity contribution < 1.29 is 9.59 Å². The van der Waals surface area contributed by atoms with Crippen LogP contribution in [0.1, 0.15) is 13.3 Å². The third-order valence-corrected chi connectivity index (χ3v) is 5.21. The van der Waals surface area contributed by atoms with E-state index in [-0.39, 0.29) is 17.5 Å². The van der Waals surface area contributed by atoms with Crippen LogP contribution in [0.2, 0.25) is 19.6 Å². The zero-order valence-corrected chi connectivity index (χ0v) is 10.2. The monoisotopic (exact) mass is 211 g/mol. The van der Waals surface area contributed by atoms with Gasteiger partial charge in [0, 0.05) is 17.8 Å². The molecule has 0 saturated carbocycles. The van der Waals surface area contributed by atoms with Crippen LogP contribution in [0.15, 0.2) is 12.2 Å². The molecule has 1 rings (SSSR count). The molecule has 1 heterocycles. The lowest BCUT2D eigenvalue weighted by Gasteiger charge is -2.34. The van der Waals surface area contributed by atoms with Gasteiger partial charge in [0.2, 0.25) is 0 Å². The van der Waals surface area contributed by atoms with E-state index in [9.17, 15) is 9.59 Å². The molecule has 0 N–H and O–H groups in total. The van der Waals surface area contributed by atoms with Crippen LogP contribution < -0.4 is 0 Å². The van der Waals surface area contributed by atoms with Crippen molar-refractivity contribution in [3.63, 3.8) is 0 Å². The minimum Gasteiger partial charge on any atom is -0.275 e. The third-order valence-electron chi connectivity index (χ3n) is 2.54. The summed E-state index contributed by atoms with van der Waals surface area (Å²) in [5, 5.41) is 0. The molecule has 1 aliphatic heterocycles. The van der Waals surface area contributed by atoms with E-state index in [1.807, 2.05) is 6.92 Å². The molecule has 4 heteroatoms.